The summed E-state index contributed by atoms with van der Waals surface area (Å²) in [5.41, 5.74) is 0.393. The van der Waals surface area contributed by atoms with E-state index < -0.39 is 21.6 Å². The Morgan fingerprint density at radius 3 is 2.71 bits per heavy atom. The summed E-state index contributed by atoms with van der Waals surface area (Å²) in [5.74, 6) is -0.387. The predicted molar refractivity (Wildman–Crippen MR) is 60.8 cm³/mol. The molecule has 0 bridgehead atoms. The Morgan fingerprint density at radius 1 is 1.41 bits per heavy atom. The quantitative estimate of drug-likeness (QED) is 0.553. The van der Waals surface area contributed by atoms with E-state index in [4.69, 9.17) is 5.11 Å². The third-order valence-corrected chi connectivity index (χ3v) is 3.28. The molecule has 0 amide bonds. The molecular formula is C9H12N2O5S. The van der Waals surface area contributed by atoms with Crippen LogP contribution in [-0.4, -0.2) is 30.8 Å². The van der Waals surface area contributed by atoms with Gasteiger partial charge in [0.1, 0.15) is 0 Å². The highest BCUT2D eigenvalue weighted by Crippen LogP contribution is 2.12. The fourth-order valence-corrected chi connectivity index (χ4v) is 1.94. The van der Waals surface area contributed by atoms with Crippen LogP contribution in [0.5, 0.6) is 0 Å². The van der Waals surface area contributed by atoms with E-state index >= 15 is 0 Å². The molecule has 94 valence electrons. The normalized spacial score (nSPS) is 11.4. The van der Waals surface area contributed by atoms with Gasteiger partial charge >= 0.3 is 0 Å². The van der Waals surface area contributed by atoms with Crippen molar-refractivity contribution in [1.29, 1.82) is 0 Å². The van der Waals surface area contributed by atoms with Gasteiger partial charge in [0.15, 0.2) is 0 Å². The molecule has 0 fully saturated rings. The lowest BCUT2D eigenvalue weighted by atomic mass is 10.2. The fourth-order valence-electron chi connectivity index (χ4n) is 1.17. The first kappa shape index (κ1) is 13.6. The monoisotopic (exact) mass is 260 g/mol. The van der Waals surface area contributed by atoms with Crippen LogP contribution in [0, 0.1) is 10.1 Å². The van der Waals surface area contributed by atoms with Crippen LogP contribution in [0.3, 0.4) is 0 Å². The molecule has 0 aliphatic rings. The lowest BCUT2D eigenvalue weighted by Crippen LogP contribution is -2.27. The molecule has 1 aromatic rings. The summed E-state index contributed by atoms with van der Waals surface area (Å²) in [7, 11) is -3.53. The average molecular weight is 260 g/mol. The molecular weight excluding hydrogens is 248 g/mol. The zero-order chi connectivity index (χ0) is 12.9. The molecule has 7 nitrogen and oxygen atoms in total. The molecule has 0 atom stereocenters. The van der Waals surface area contributed by atoms with Crippen LogP contribution >= 0.6 is 0 Å². The Morgan fingerprint density at radius 2 is 2.12 bits per heavy atom. The molecule has 0 aromatic heterocycles. The van der Waals surface area contributed by atoms with E-state index in [-0.39, 0.29) is 18.0 Å². The van der Waals surface area contributed by atoms with Gasteiger partial charge in [0.25, 0.3) is 5.69 Å². The molecule has 0 aliphatic carbocycles. The number of sulfonamides is 1. The molecule has 8 heteroatoms. The summed E-state index contributed by atoms with van der Waals surface area (Å²) in [4.78, 5) is 9.94. The second-order valence-corrected chi connectivity index (χ2v) is 5.22. The highest BCUT2D eigenvalue weighted by molar-refractivity contribution is 7.89. The maximum absolute atomic E-state index is 11.2. The second kappa shape index (κ2) is 5.71. The number of hydrogen-bond donors (Lipinski definition) is 2. The number of hydrogen-bond acceptors (Lipinski definition) is 5. The van der Waals surface area contributed by atoms with Crippen LogP contribution in [-0.2, 0) is 16.6 Å². The molecule has 1 rings (SSSR count). The third-order valence-electron chi connectivity index (χ3n) is 1.98. The van der Waals surface area contributed by atoms with Crippen molar-refractivity contribution in [1.82, 2.24) is 4.72 Å². The number of nitrogens with one attached hydrogen (secondary N) is 1. The Hall–Kier alpha value is -1.51. The van der Waals surface area contributed by atoms with E-state index in [1.807, 2.05) is 0 Å². The molecule has 17 heavy (non-hydrogen) atoms. The molecule has 0 saturated heterocycles. The van der Waals surface area contributed by atoms with Crippen molar-refractivity contribution >= 4 is 15.7 Å². The number of rotatable bonds is 6. The zero-order valence-corrected chi connectivity index (χ0v) is 9.68. The van der Waals surface area contributed by atoms with Crippen molar-refractivity contribution in [3.8, 4) is 0 Å². The molecule has 0 spiro atoms. The van der Waals surface area contributed by atoms with Crippen LogP contribution in [0.2, 0.25) is 0 Å². The number of aliphatic hydroxyl groups is 1. The molecule has 0 aliphatic heterocycles. The number of aliphatic hydroxyl groups excluding tert-OH is 1. The lowest BCUT2D eigenvalue weighted by Gasteiger charge is -2.05. The maximum Gasteiger partial charge on any atom is 0.269 e. The molecule has 0 saturated carbocycles. The largest absolute Gasteiger partial charge is 0.395 e. The highest BCUT2D eigenvalue weighted by Gasteiger charge is 2.10. The van der Waals surface area contributed by atoms with Crippen LogP contribution < -0.4 is 4.72 Å². The smallest absolute Gasteiger partial charge is 0.269 e. The van der Waals surface area contributed by atoms with Gasteiger partial charge < -0.3 is 5.11 Å². The Balaban J connectivity index is 2.70. The number of nitrogens with zero attached hydrogens (tertiary/aromatic N) is 1. The fraction of sp³-hybridized carbons (Fsp3) is 0.333. The van der Waals surface area contributed by atoms with E-state index in [9.17, 15) is 18.5 Å². The van der Waals surface area contributed by atoms with E-state index in [0.29, 0.717) is 5.56 Å². The Labute approximate surface area is 98.3 Å². The number of nitro groups is 1. The van der Waals surface area contributed by atoms with Gasteiger partial charge in [-0.1, -0.05) is 12.1 Å². The standard InChI is InChI=1S/C9H12N2O5S/c12-4-5-17(15,16)10-7-8-2-1-3-9(6-8)11(13)14/h1-3,6,10,12H,4-5,7H2. The van der Waals surface area contributed by atoms with E-state index in [1.165, 1.54) is 18.2 Å². The van der Waals surface area contributed by atoms with Crippen LogP contribution in [0.4, 0.5) is 5.69 Å². The predicted octanol–water partition coefficient (Wildman–Crippen LogP) is 0.00650. The van der Waals surface area contributed by atoms with E-state index in [1.54, 1.807) is 6.07 Å². The van der Waals surface area contributed by atoms with Gasteiger partial charge in [0.2, 0.25) is 10.0 Å². The molecule has 0 heterocycles. The van der Waals surface area contributed by atoms with Crippen molar-refractivity contribution in [2.75, 3.05) is 12.4 Å². The number of nitro benzene ring substituents is 1. The summed E-state index contributed by atoms with van der Waals surface area (Å²) in [5, 5.41) is 19.0. The van der Waals surface area contributed by atoms with Crippen molar-refractivity contribution < 1.29 is 18.4 Å². The van der Waals surface area contributed by atoms with Gasteiger partial charge in [0, 0.05) is 18.7 Å². The van der Waals surface area contributed by atoms with Crippen LogP contribution in [0.1, 0.15) is 5.56 Å². The molecule has 2 N–H and O–H groups in total. The van der Waals surface area contributed by atoms with Gasteiger partial charge in [-0.25, -0.2) is 13.1 Å². The van der Waals surface area contributed by atoms with Crippen molar-refractivity contribution in [2.24, 2.45) is 0 Å². The summed E-state index contributed by atoms with van der Waals surface area (Å²) in [6, 6.07) is 5.68. The van der Waals surface area contributed by atoms with Crippen molar-refractivity contribution in [3.63, 3.8) is 0 Å². The summed E-state index contributed by atoms with van der Waals surface area (Å²) in [6.07, 6.45) is 0. The second-order valence-electron chi connectivity index (χ2n) is 3.29. The minimum absolute atomic E-state index is 0.0377. The summed E-state index contributed by atoms with van der Waals surface area (Å²) in [6.45, 7) is -0.506. The van der Waals surface area contributed by atoms with Crippen molar-refractivity contribution in [2.45, 2.75) is 6.54 Å². The van der Waals surface area contributed by atoms with Gasteiger partial charge in [0.05, 0.1) is 17.3 Å². The lowest BCUT2D eigenvalue weighted by molar-refractivity contribution is -0.384. The summed E-state index contributed by atoms with van der Waals surface area (Å²) < 4.78 is 24.7. The topological polar surface area (TPSA) is 110 Å². The SMILES string of the molecule is O=[N+]([O-])c1cccc(CNS(=O)(=O)CCO)c1. The first-order chi connectivity index (χ1) is 7.94. The molecule has 0 unspecified atom stereocenters. The average Bonchev–Trinajstić information content (AvgIpc) is 2.27. The van der Waals surface area contributed by atoms with E-state index in [2.05, 4.69) is 4.72 Å². The first-order valence-corrected chi connectivity index (χ1v) is 6.41. The molecule has 1 aromatic carbocycles. The summed E-state index contributed by atoms with van der Waals surface area (Å²) >= 11 is 0. The minimum atomic E-state index is -3.53. The van der Waals surface area contributed by atoms with Crippen LogP contribution in [0.25, 0.3) is 0 Å². The number of benzene rings is 1. The van der Waals surface area contributed by atoms with Gasteiger partial charge in [-0.15, -0.1) is 0 Å². The maximum atomic E-state index is 11.2. The Kier molecular flexibility index (Phi) is 4.55. The van der Waals surface area contributed by atoms with Gasteiger partial charge in [-0.3, -0.25) is 10.1 Å². The zero-order valence-electron chi connectivity index (χ0n) is 8.87. The minimum Gasteiger partial charge on any atom is -0.395 e. The van der Waals surface area contributed by atoms with Crippen molar-refractivity contribution in [3.05, 3.63) is 39.9 Å². The van der Waals surface area contributed by atoms with Gasteiger partial charge in [-0.05, 0) is 5.56 Å². The van der Waals surface area contributed by atoms with Crippen LogP contribution in [0.15, 0.2) is 24.3 Å². The van der Waals surface area contributed by atoms with E-state index in [0.717, 1.165) is 0 Å². The molecule has 0 radical (unpaired) electrons. The Bertz CT molecular complexity index is 500. The highest BCUT2D eigenvalue weighted by atomic mass is 32.2. The first-order valence-electron chi connectivity index (χ1n) is 4.76. The third kappa shape index (κ3) is 4.47. The number of non-ortho nitro benzene ring substituents is 1. The van der Waals surface area contributed by atoms with Gasteiger partial charge in [-0.2, -0.15) is 0 Å².